The van der Waals surface area contributed by atoms with Crippen LogP contribution in [-0.2, 0) is 15.3 Å². The summed E-state index contributed by atoms with van der Waals surface area (Å²) in [6, 6.07) is 24.7. The average Bonchev–Trinajstić information content (AvgIpc) is 3.08. The van der Waals surface area contributed by atoms with Gasteiger partial charge in [-0.3, -0.25) is 19.3 Å². The molecule has 0 radical (unpaired) electrons. The van der Waals surface area contributed by atoms with Crippen molar-refractivity contribution in [2.75, 3.05) is 6.54 Å². The molecule has 1 atom stereocenters. The first-order valence-corrected chi connectivity index (χ1v) is 10.7. The van der Waals surface area contributed by atoms with Crippen LogP contribution in [0.5, 0.6) is 0 Å². The zero-order chi connectivity index (χ0) is 21.1. The van der Waals surface area contributed by atoms with E-state index in [9.17, 15) is 14.4 Å². The molecule has 1 aliphatic rings. The minimum Gasteiger partial charge on any atom is -0.288 e. The van der Waals surface area contributed by atoms with Gasteiger partial charge in [0.25, 0.3) is 11.8 Å². The lowest BCUT2D eigenvalue weighted by Crippen LogP contribution is -2.33. The number of nitrogens with zero attached hydrogens (tertiary/aromatic N) is 1. The molecule has 0 spiro atoms. The van der Waals surface area contributed by atoms with Gasteiger partial charge in [0.2, 0.25) is 5.78 Å². The third kappa shape index (κ3) is 4.21. The maximum atomic E-state index is 12.9. The molecule has 4 nitrogen and oxygen atoms in total. The standard InChI is InChI=1S/C25H21NO3S/c1-17-7-13-21(14-8-17)30-16-18-9-11-20(12-10-18)24(28)26-15-22(23(27)25(26)29)19-5-3-2-4-6-19/h2-14,22H,15-16H2,1H3/t22-/m0/s1. The number of likely N-dealkylation sites (tertiary alicyclic amines) is 1. The SMILES string of the molecule is Cc1ccc(SCc2ccc(C(=O)N3C[C@@H](c4ccccc4)C(=O)C3=O)cc2)cc1. The molecule has 1 saturated heterocycles. The number of amides is 2. The molecule has 0 saturated carbocycles. The molecule has 1 heterocycles. The lowest BCUT2D eigenvalue weighted by Gasteiger charge is -2.14. The molecule has 0 N–H and O–H groups in total. The molecule has 1 aliphatic heterocycles. The summed E-state index contributed by atoms with van der Waals surface area (Å²) in [6.07, 6.45) is 0. The molecule has 0 bridgehead atoms. The molecule has 150 valence electrons. The van der Waals surface area contributed by atoms with E-state index in [0.29, 0.717) is 5.56 Å². The zero-order valence-corrected chi connectivity index (χ0v) is 17.4. The summed E-state index contributed by atoms with van der Waals surface area (Å²) in [7, 11) is 0. The van der Waals surface area contributed by atoms with Gasteiger partial charge in [-0.2, -0.15) is 0 Å². The number of rotatable bonds is 5. The van der Waals surface area contributed by atoms with Crippen LogP contribution in [0, 0.1) is 6.92 Å². The van der Waals surface area contributed by atoms with Crippen LogP contribution in [0.1, 0.15) is 33.0 Å². The summed E-state index contributed by atoms with van der Waals surface area (Å²) in [5.41, 5.74) is 3.48. The van der Waals surface area contributed by atoms with Crippen LogP contribution >= 0.6 is 11.8 Å². The monoisotopic (exact) mass is 415 g/mol. The first-order chi connectivity index (χ1) is 14.5. The Labute approximate surface area is 179 Å². The van der Waals surface area contributed by atoms with Crippen molar-refractivity contribution in [2.24, 2.45) is 0 Å². The highest BCUT2D eigenvalue weighted by molar-refractivity contribution is 7.98. The van der Waals surface area contributed by atoms with Crippen LogP contribution in [0.3, 0.4) is 0 Å². The number of carbonyl (C=O) groups is 3. The maximum Gasteiger partial charge on any atom is 0.297 e. The highest BCUT2D eigenvalue weighted by Crippen LogP contribution is 2.27. The van der Waals surface area contributed by atoms with Gasteiger partial charge in [-0.25, -0.2) is 0 Å². The highest BCUT2D eigenvalue weighted by atomic mass is 32.2. The quantitative estimate of drug-likeness (QED) is 0.347. The topological polar surface area (TPSA) is 54.5 Å². The van der Waals surface area contributed by atoms with Crippen LogP contribution < -0.4 is 0 Å². The summed E-state index contributed by atoms with van der Waals surface area (Å²) < 4.78 is 0. The fourth-order valence-electron chi connectivity index (χ4n) is 3.45. The Morgan fingerprint density at radius 3 is 2.27 bits per heavy atom. The van der Waals surface area contributed by atoms with Crippen LogP contribution in [0.25, 0.3) is 0 Å². The molecule has 3 aromatic carbocycles. The number of hydrogen-bond acceptors (Lipinski definition) is 4. The van der Waals surface area contributed by atoms with Gasteiger partial charge in [-0.15, -0.1) is 11.8 Å². The van der Waals surface area contributed by atoms with Crippen LogP contribution in [0.4, 0.5) is 0 Å². The second kappa shape index (κ2) is 8.67. The molecular weight excluding hydrogens is 394 g/mol. The molecule has 5 heteroatoms. The number of carbonyl (C=O) groups excluding carboxylic acids is 3. The molecule has 0 aromatic heterocycles. The molecule has 3 aromatic rings. The fourth-order valence-corrected chi connectivity index (χ4v) is 4.30. The number of Topliss-reactive ketones (excluding diaryl/α,β-unsaturated/α-hetero) is 1. The molecule has 0 aliphatic carbocycles. The van der Waals surface area contributed by atoms with Crippen molar-refractivity contribution in [1.82, 2.24) is 4.90 Å². The van der Waals surface area contributed by atoms with E-state index in [1.807, 2.05) is 42.5 Å². The molecule has 1 fully saturated rings. The van der Waals surface area contributed by atoms with Gasteiger partial charge in [0.15, 0.2) is 0 Å². The van der Waals surface area contributed by atoms with Gasteiger partial charge < -0.3 is 0 Å². The van der Waals surface area contributed by atoms with Crippen LogP contribution in [0.2, 0.25) is 0 Å². The summed E-state index contributed by atoms with van der Waals surface area (Å²) >= 11 is 1.73. The predicted molar refractivity (Wildman–Crippen MR) is 117 cm³/mol. The maximum absolute atomic E-state index is 12.9. The number of hydrogen-bond donors (Lipinski definition) is 0. The fraction of sp³-hybridized carbons (Fsp3) is 0.160. The Bertz CT molecular complexity index is 1080. The van der Waals surface area contributed by atoms with Crippen molar-refractivity contribution in [2.45, 2.75) is 23.5 Å². The van der Waals surface area contributed by atoms with Crippen molar-refractivity contribution < 1.29 is 14.4 Å². The number of benzene rings is 3. The molecular formula is C25H21NO3S. The average molecular weight is 416 g/mol. The summed E-state index contributed by atoms with van der Waals surface area (Å²) in [4.78, 5) is 39.9. The van der Waals surface area contributed by atoms with Gasteiger partial charge in [-0.1, -0.05) is 60.2 Å². The molecule has 2 amide bonds. The predicted octanol–water partition coefficient (Wildman–Crippen LogP) is 4.62. The number of aryl methyl sites for hydroxylation is 1. The van der Waals surface area contributed by atoms with Crippen molar-refractivity contribution in [3.63, 3.8) is 0 Å². The van der Waals surface area contributed by atoms with Crippen molar-refractivity contribution in [3.05, 3.63) is 101 Å². The Morgan fingerprint density at radius 2 is 1.60 bits per heavy atom. The number of thioether (sulfide) groups is 1. The lowest BCUT2D eigenvalue weighted by atomic mass is 9.97. The van der Waals surface area contributed by atoms with Crippen LogP contribution in [0.15, 0.2) is 83.8 Å². The Balaban J connectivity index is 1.42. The first-order valence-electron chi connectivity index (χ1n) is 9.76. The van der Waals surface area contributed by atoms with E-state index in [0.717, 1.165) is 21.8 Å². The van der Waals surface area contributed by atoms with E-state index < -0.39 is 23.5 Å². The van der Waals surface area contributed by atoms with E-state index in [-0.39, 0.29) is 6.54 Å². The third-order valence-corrected chi connectivity index (χ3v) is 6.30. The van der Waals surface area contributed by atoms with Gasteiger partial charge >= 0.3 is 0 Å². The third-order valence-electron chi connectivity index (χ3n) is 5.21. The van der Waals surface area contributed by atoms with Gasteiger partial charge in [-0.05, 0) is 42.3 Å². The van der Waals surface area contributed by atoms with E-state index in [2.05, 4.69) is 31.2 Å². The normalized spacial score (nSPS) is 16.2. The second-order valence-corrected chi connectivity index (χ2v) is 8.40. The molecule has 30 heavy (non-hydrogen) atoms. The zero-order valence-electron chi connectivity index (χ0n) is 16.6. The summed E-state index contributed by atoms with van der Waals surface area (Å²) in [5.74, 6) is -1.49. The van der Waals surface area contributed by atoms with Crippen molar-refractivity contribution in [3.8, 4) is 0 Å². The second-order valence-electron chi connectivity index (χ2n) is 7.35. The van der Waals surface area contributed by atoms with Gasteiger partial charge in [0, 0.05) is 22.8 Å². The Kier molecular flexibility index (Phi) is 5.81. The van der Waals surface area contributed by atoms with Gasteiger partial charge in [0.1, 0.15) is 0 Å². The smallest absolute Gasteiger partial charge is 0.288 e. The lowest BCUT2D eigenvalue weighted by molar-refractivity contribution is -0.139. The van der Waals surface area contributed by atoms with E-state index >= 15 is 0 Å². The largest absolute Gasteiger partial charge is 0.297 e. The number of imide groups is 1. The minimum absolute atomic E-state index is 0.0888. The summed E-state index contributed by atoms with van der Waals surface area (Å²) in [6.45, 7) is 2.15. The highest BCUT2D eigenvalue weighted by Gasteiger charge is 2.42. The van der Waals surface area contributed by atoms with Gasteiger partial charge in [0.05, 0.1) is 5.92 Å². The van der Waals surface area contributed by atoms with E-state index in [1.165, 1.54) is 10.5 Å². The first kappa shape index (κ1) is 20.1. The minimum atomic E-state index is -0.729. The Hall–Kier alpha value is -3.18. The number of ketones is 1. The summed E-state index contributed by atoms with van der Waals surface area (Å²) in [5, 5.41) is 0. The Morgan fingerprint density at radius 1 is 0.933 bits per heavy atom. The van der Waals surface area contributed by atoms with E-state index in [4.69, 9.17) is 0 Å². The van der Waals surface area contributed by atoms with E-state index in [1.54, 1.807) is 23.9 Å². The molecule has 4 rings (SSSR count). The van der Waals surface area contributed by atoms with Crippen LogP contribution in [-0.4, -0.2) is 29.0 Å². The van der Waals surface area contributed by atoms with Crippen molar-refractivity contribution >= 4 is 29.4 Å². The van der Waals surface area contributed by atoms with Crippen molar-refractivity contribution in [1.29, 1.82) is 0 Å². The molecule has 0 unspecified atom stereocenters.